The number of anilines is 3. The summed E-state index contributed by atoms with van der Waals surface area (Å²) >= 11 is 0. The van der Waals surface area contributed by atoms with E-state index >= 15 is 0 Å². The van der Waals surface area contributed by atoms with Crippen LogP contribution < -0.4 is 4.90 Å². The Morgan fingerprint density at radius 2 is 1.16 bits per heavy atom. The molecule has 214 valence electrons. The highest BCUT2D eigenvalue weighted by molar-refractivity contribution is 6.09. The quantitative estimate of drug-likeness (QED) is 0.207. The minimum absolute atomic E-state index is 0.0964. The summed E-state index contributed by atoms with van der Waals surface area (Å²) in [7, 11) is 0. The summed E-state index contributed by atoms with van der Waals surface area (Å²) < 4.78 is 6.22. The summed E-state index contributed by atoms with van der Waals surface area (Å²) in [5.74, 6) is 0. The Bertz CT molecular complexity index is 2400. The van der Waals surface area contributed by atoms with Crippen molar-refractivity contribution in [2.75, 3.05) is 4.90 Å². The maximum atomic E-state index is 6.22. The fraction of sp³-hybridized carbons (Fsp3) is 0.0698. The molecule has 45 heavy (non-hydrogen) atoms. The summed E-state index contributed by atoms with van der Waals surface area (Å²) in [6, 6.07) is 54.7. The lowest BCUT2D eigenvalue weighted by Crippen LogP contribution is -2.16. The van der Waals surface area contributed by atoms with Gasteiger partial charge < -0.3 is 9.32 Å². The Labute approximate surface area is 262 Å². The molecule has 0 aliphatic heterocycles. The highest BCUT2D eigenvalue weighted by Gasteiger charge is 2.37. The molecule has 2 nitrogen and oxygen atoms in total. The van der Waals surface area contributed by atoms with Gasteiger partial charge in [0.2, 0.25) is 0 Å². The third-order valence-electron chi connectivity index (χ3n) is 9.65. The smallest absolute Gasteiger partial charge is 0.135 e. The summed E-state index contributed by atoms with van der Waals surface area (Å²) in [4.78, 5) is 2.40. The van der Waals surface area contributed by atoms with Gasteiger partial charge in [-0.3, -0.25) is 0 Å². The molecule has 0 bridgehead atoms. The van der Waals surface area contributed by atoms with Crippen LogP contribution in [0.2, 0.25) is 0 Å². The van der Waals surface area contributed by atoms with Crippen molar-refractivity contribution in [1.82, 2.24) is 0 Å². The molecule has 1 aliphatic rings. The van der Waals surface area contributed by atoms with E-state index in [2.05, 4.69) is 158 Å². The third kappa shape index (κ3) is 3.89. The van der Waals surface area contributed by atoms with Crippen molar-refractivity contribution in [3.05, 3.63) is 163 Å². The molecule has 0 radical (unpaired) electrons. The van der Waals surface area contributed by atoms with E-state index in [0.29, 0.717) is 0 Å². The third-order valence-corrected chi connectivity index (χ3v) is 9.65. The van der Waals surface area contributed by atoms with Crippen LogP contribution in [0.15, 0.2) is 156 Å². The van der Waals surface area contributed by atoms with Crippen LogP contribution in [-0.4, -0.2) is 0 Å². The van der Waals surface area contributed by atoms with E-state index in [1.807, 2.05) is 12.1 Å². The number of fused-ring (bicyclic) bond motifs is 8. The van der Waals surface area contributed by atoms with E-state index in [0.717, 1.165) is 39.0 Å². The van der Waals surface area contributed by atoms with Gasteiger partial charge in [0, 0.05) is 32.9 Å². The molecule has 1 aromatic heterocycles. The van der Waals surface area contributed by atoms with Gasteiger partial charge in [0.15, 0.2) is 0 Å². The first-order valence-corrected chi connectivity index (χ1v) is 15.6. The van der Waals surface area contributed by atoms with Crippen molar-refractivity contribution >= 4 is 49.8 Å². The standard InChI is InChI=1S/C43H31NO/c1-43(2)38-16-8-6-13-32(38)36-25-24-33-35(42(36)43)15-10-17-39(33)44(30-21-19-29(20-22-30)28-11-4-3-5-12-28)31-23-26-41-37(27-31)34-14-7-9-18-40(34)45-41/h3-27H,1-2H3. The van der Waals surface area contributed by atoms with Crippen LogP contribution in [0, 0.1) is 0 Å². The zero-order valence-corrected chi connectivity index (χ0v) is 25.3. The van der Waals surface area contributed by atoms with Crippen LogP contribution in [0.4, 0.5) is 17.1 Å². The van der Waals surface area contributed by atoms with Crippen molar-refractivity contribution in [1.29, 1.82) is 0 Å². The van der Waals surface area contributed by atoms with Gasteiger partial charge in [0.1, 0.15) is 11.2 Å². The summed E-state index contributed by atoms with van der Waals surface area (Å²) in [6.07, 6.45) is 0. The first-order chi connectivity index (χ1) is 22.1. The van der Waals surface area contributed by atoms with Crippen LogP contribution in [0.3, 0.4) is 0 Å². The number of hydrogen-bond acceptors (Lipinski definition) is 2. The van der Waals surface area contributed by atoms with Crippen molar-refractivity contribution in [3.8, 4) is 22.3 Å². The average molecular weight is 578 g/mol. The van der Waals surface area contributed by atoms with Gasteiger partial charge in [-0.15, -0.1) is 0 Å². The Kier molecular flexibility index (Phi) is 5.58. The van der Waals surface area contributed by atoms with E-state index in [-0.39, 0.29) is 5.41 Å². The van der Waals surface area contributed by atoms with E-state index in [9.17, 15) is 0 Å². The highest BCUT2D eigenvalue weighted by Crippen LogP contribution is 2.53. The Balaban J connectivity index is 1.28. The highest BCUT2D eigenvalue weighted by atomic mass is 16.3. The van der Waals surface area contributed by atoms with Crippen LogP contribution in [-0.2, 0) is 5.41 Å². The van der Waals surface area contributed by atoms with Gasteiger partial charge in [-0.25, -0.2) is 0 Å². The molecule has 0 atom stereocenters. The second-order valence-corrected chi connectivity index (χ2v) is 12.6. The molecule has 0 saturated heterocycles. The van der Waals surface area contributed by atoms with Gasteiger partial charge in [-0.2, -0.15) is 0 Å². The minimum atomic E-state index is -0.0964. The lowest BCUT2D eigenvalue weighted by Gasteiger charge is -2.29. The van der Waals surface area contributed by atoms with E-state index in [1.54, 1.807) is 0 Å². The number of benzene rings is 7. The maximum Gasteiger partial charge on any atom is 0.135 e. The zero-order valence-electron chi connectivity index (χ0n) is 25.3. The monoisotopic (exact) mass is 577 g/mol. The molecular weight excluding hydrogens is 546 g/mol. The molecule has 8 aromatic rings. The normalized spacial score (nSPS) is 13.3. The molecular formula is C43H31NO. The zero-order chi connectivity index (χ0) is 30.1. The van der Waals surface area contributed by atoms with Crippen molar-refractivity contribution in [3.63, 3.8) is 0 Å². The van der Waals surface area contributed by atoms with Gasteiger partial charge in [-0.05, 0) is 81.2 Å². The van der Waals surface area contributed by atoms with Crippen molar-refractivity contribution in [2.24, 2.45) is 0 Å². The number of hydrogen-bond donors (Lipinski definition) is 0. The first-order valence-electron chi connectivity index (χ1n) is 15.6. The SMILES string of the molecule is CC1(C)c2ccccc2-c2ccc3c(N(c4ccc(-c5ccccc5)cc4)c4ccc5oc6ccccc6c5c4)cccc3c21. The van der Waals surface area contributed by atoms with Gasteiger partial charge in [-0.1, -0.05) is 123 Å². The molecule has 9 rings (SSSR count). The number of para-hydroxylation sites is 1. The Morgan fingerprint density at radius 3 is 2.02 bits per heavy atom. The lowest BCUT2D eigenvalue weighted by molar-refractivity contribution is 0.666. The number of furan rings is 1. The van der Waals surface area contributed by atoms with Gasteiger partial charge in [0.05, 0.1) is 5.69 Å². The van der Waals surface area contributed by atoms with Gasteiger partial charge >= 0.3 is 0 Å². The fourth-order valence-electron chi connectivity index (χ4n) is 7.55. The van der Waals surface area contributed by atoms with Crippen LogP contribution in [0.5, 0.6) is 0 Å². The van der Waals surface area contributed by atoms with Crippen LogP contribution in [0.25, 0.3) is 55.0 Å². The summed E-state index contributed by atoms with van der Waals surface area (Å²) in [6.45, 7) is 4.73. The van der Waals surface area contributed by atoms with Crippen molar-refractivity contribution in [2.45, 2.75) is 19.3 Å². The molecule has 0 fully saturated rings. The molecule has 0 spiro atoms. The van der Waals surface area contributed by atoms with Crippen molar-refractivity contribution < 1.29 is 4.42 Å². The summed E-state index contributed by atoms with van der Waals surface area (Å²) in [5.41, 5.74) is 13.0. The average Bonchev–Trinajstić information content (AvgIpc) is 3.58. The fourth-order valence-corrected chi connectivity index (χ4v) is 7.55. The molecule has 7 aromatic carbocycles. The largest absolute Gasteiger partial charge is 0.456 e. The minimum Gasteiger partial charge on any atom is -0.456 e. The predicted molar refractivity (Wildman–Crippen MR) is 189 cm³/mol. The van der Waals surface area contributed by atoms with E-state index in [1.165, 1.54) is 44.2 Å². The molecule has 1 heterocycles. The number of rotatable bonds is 4. The molecule has 1 aliphatic carbocycles. The first kappa shape index (κ1) is 25.9. The number of nitrogens with zero attached hydrogens (tertiary/aromatic N) is 1. The molecule has 0 saturated carbocycles. The Hall–Kier alpha value is -5.60. The molecule has 0 unspecified atom stereocenters. The van der Waals surface area contributed by atoms with Gasteiger partial charge in [0.25, 0.3) is 0 Å². The molecule has 0 amide bonds. The molecule has 0 N–H and O–H groups in total. The van der Waals surface area contributed by atoms with Crippen LogP contribution in [0.1, 0.15) is 25.0 Å². The Morgan fingerprint density at radius 1 is 0.467 bits per heavy atom. The lowest BCUT2D eigenvalue weighted by atomic mass is 9.80. The van der Waals surface area contributed by atoms with E-state index in [4.69, 9.17) is 4.42 Å². The summed E-state index contributed by atoms with van der Waals surface area (Å²) in [5, 5.41) is 4.78. The maximum absolute atomic E-state index is 6.22. The topological polar surface area (TPSA) is 16.4 Å². The second-order valence-electron chi connectivity index (χ2n) is 12.6. The molecule has 2 heteroatoms. The van der Waals surface area contributed by atoms with Crippen LogP contribution >= 0.6 is 0 Å². The van der Waals surface area contributed by atoms with E-state index < -0.39 is 0 Å². The second kappa shape index (κ2) is 9.70. The predicted octanol–water partition coefficient (Wildman–Crippen LogP) is 12.2.